The van der Waals surface area contributed by atoms with Gasteiger partial charge < -0.3 is 15.1 Å². The summed E-state index contributed by atoms with van der Waals surface area (Å²) in [5.41, 5.74) is -1.58. The monoisotopic (exact) mass is 318 g/mol. The molecule has 0 unspecified atom stereocenters. The number of hydrogen-bond donors (Lipinski definition) is 2. The van der Waals surface area contributed by atoms with Crippen molar-refractivity contribution >= 4 is 5.82 Å². The molecule has 0 radical (unpaired) electrons. The molecule has 0 aliphatic carbocycles. The molecule has 2 atom stereocenters. The molecule has 0 aromatic carbocycles. The normalized spacial score (nSPS) is 26.3. The summed E-state index contributed by atoms with van der Waals surface area (Å²) in [7, 11) is 0. The topological polar surface area (TPSA) is 56.6 Å². The molecular weight excluding hydrogens is 297 g/mol. The molecule has 1 saturated heterocycles. The molecule has 0 spiro atoms. The van der Waals surface area contributed by atoms with E-state index in [1.54, 1.807) is 0 Å². The quantitative estimate of drug-likeness (QED) is 0.895. The van der Waals surface area contributed by atoms with Gasteiger partial charge in [0.2, 0.25) is 0 Å². The Morgan fingerprint density at radius 3 is 2.77 bits per heavy atom. The number of anilines is 1. The lowest BCUT2D eigenvalue weighted by atomic mass is 9.74. The maximum Gasteiger partial charge on any atom is 0.419 e. The van der Waals surface area contributed by atoms with Gasteiger partial charge in [-0.3, -0.25) is 0 Å². The maximum atomic E-state index is 13.1. The molecule has 4 nitrogen and oxygen atoms in total. The minimum Gasteiger partial charge on any atom is -0.396 e. The fourth-order valence-electron chi connectivity index (χ4n) is 3.18. The van der Waals surface area contributed by atoms with Crippen LogP contribution in [0.15, 0.2) is 18.3 Å². The van der Waals surface area contributed by atoms with Crippen LogP contribution in [0.1, 0.15) is 31.7 Å². The minimum atomic E-state index is -4.48. The molecule has 2 rings (SSSR count). The van der Waals surface area contributed by atoms with E-state index in [1.165, 1.54) is 17.2 Å². The molecule has 1 aromatic rings. The van der Waals surface area contributed by atoms with Gasteiger partial charge in [0.1, 0.15) is 5.82 Å². The first kappa shape index (κ1) is 17.0. The fourth-order valence-corrected chi connectivity index (χ4v) is 3.18. The summed E-state index contributed by atoms with van der Waals surface area (Å²) in [6.45, 7) is 2.11. The van der Waals surface area contributed by atoms with Crippen molar-refractivity contribution in [3.05, 3.63) is 23.9 Å². The standard InChI is InChI=1S/C15H21F3N2O2/c1-2-6-14(10-21)9-20(8-5-12(14)22)13-11(15(16,17)18)4-3-7-19-13/h3-4,7,12,21-22H,2,5-6,8-10H2,1H3/t12-,14-/m0/s1. The Balaban J connectivity index is 2.35. The zero-order valence-electron chi connectivity index (χ0n) is 12.5. The third-order valence-electron chi connectivity index (χ3n) is 4.34. The van der Waals surface area contributed by atoms with Gasteiger partial charge in [-0.2, -0.15) is 13.2 Å². The minimum absolute atomic E-state index is 0.129. The average Bonchev–Trinajstić information content (AvgIpc) is 2.49. The second-order valence-corrected chi connectivity index (χ2v) is 5.87. The van der Waals surface area contributed by atoms with Crippen molar-refractivity contribution in [1.29, 1.82) is 0 Å². The molecule has 1 aliphatic heterocycles. The molecule has 0 amide bonds. The number of hydrogen-bond acceptors (Lipinski definition) is 4. The van der Waals surface area contributed by atoms with Crippen molar-refractivity contribution in [3.63, 3.8) is 0 Å². The summed E-state index contributed by atoms with van der Waals surface area (Å²) < 4.78 is 39.4. The van der Waals surface area contributed by atoms with Gasteiger partial charge in [-0.05, 0) is 25.0 Å². The van der Waals surface area contributed by atoms with Gasteiger partial charge in [0.15, 0.2) is 0 Å². The fraction of sp³-hybridized carbons (Fsp3) is 0.667. The smallest absolute Gasteiger partial charge is 0.396 e. The van der Waals surface area contributed by atoms with Crippen LogP contribution in [0, 0.1) is 5.41 Å². The third kappa shape index (κ3) is 3.20. The van der Waals surface area contributed by atoms with Gasteiger partial charge >= 0.3 is 6.18 Å². The summed E-state index contributed by atoms with van der Waals surface area (Å²) in [6.07, 6.45) is -2.27. The molecule has 1 aromatic heterocycles. The van der Waals surface area contributed by atoms with E-state index < -0.39 is 23.3 Å². The van der Waals surface area contributed by atoms with Crippen molar-refractivity contribution in [3.8, 4) is 0 Å². The van der Waals surface area contributed by atoms with Gasteiger partial charge in [0.25, 0.3) is 0 Å². The SMILES string of the molecule is CCC[C@@]1(CO)CN(c2ncccc2C(F)(F)F)CC[C@@H]1O. The van der Waals surface area contributed by atoms with Gasteiger partial charge in [0.05, 0.1) is 18.3 Å². The van der Waals surface area contributed by atoms with Crippen LogP contribution in [-0.4, -0.2) is 41.0 Å². The van der Waals surface area contributed by atoms with Crippen molar-refractivity contribution < 1.29 is 23.4 Å². The molecule has 1 aliphatic rings. The van der Waals surface area contributed by atoms with Crippen molar-refractivity contribution in [1.82, 2.24) is 4.98 Å². The van der Waals surface area contributed by atoms with Crippen molar-refractivity contribution in [2.24, 2.45) is 5.41 Å². The number of pyridine rings is 1. The number of nitrogens with zero attached hydrogens (tertiary/aromatic N) is 2. The number of aliphatic hydroxyl groups excluding tert-OH is 2. The first-order chi connectivity index (χ1) is 10.3. The van der Waals surface area contributed by atoms with Gasteiger partial charge in [-0.1, -0.05) is 13.3 Å². The number of halogens is 3. The summed E-state index contributed by atoms with van der Waals surface area (Å²) in [5, 5.41) is 19.9. The summed E-state index contributed by atoms with van der Waals surface area (Å²) in [5.74, 6) is -0.129. The Kier molecular flexibility index (Phi) is 4.97. The first-order valence-corrected chi connectivity index (χ1v) is 7.40. The number of piperidine rings is 1. The molecule has 22 heavy (non-hydrogen) atoms. The summed E-state index contributed by atoms with van der Waals surface area (Å²) in [6, 6.07) is 2.27. The molecule has 1 fully saturated rings. The number of rotatable bonds is 4. The largest absolute Gasteiger partial charge is 0.419 e. The highest BCUT2D eigenvalue weighted by Gasteiger charge is 2.44. The summed E-state index contributed by atoms with van der Waals surface area (Å²) >= 11 is 0. The van der Waals surface area contributed by atoms with E-state index in [1.807, 2.05) is 6.92 Å². The molecule has 7 heteroatoms. The van der Waals surface area contributed by atoms with Crippen LogP contribution < -0.4 is 4.90 Å². The number of aromatic nitrogens is 1. The highest BCUT2D eigenvalue weighted by Crippen LogP contribution is 2.40. The Morgan fingerprint density at radius 1 is 1.45 bits per heavy atom. The number of aliphatic hydroxyl groups is 2. The molecule has 124 valence electrons. The van der Waals surface area contributed by atoms with E-state index >= 15 is 0 Å². The summed E-state index contributed by atoms with van der Waals surface area (Å²) in [4.78, 5) is 5.43. The highest BCUT2D eigenvalue weighted by atomic mass is 19.4. The van der Waals surface area contributed by atoms with E-state index in [0.717, 1.165) is 12.5 Å². The lowest BCUT2D eigenvalue weighted by Gasteiger charge is -2.46. The van der Waals surface area contributed by atoms with E-state index in [9.17, 15) is 23.4 Å². The molecule has 0 saturated carbocycles. The zero-order chi connectivity index (χ0) is 16.4. The Hall–Kier alpha value is -1.34. The molecule has 2 heterocycles. The van der Waals surface area contributed by atoms with Crippen LogP contribution in [0.3, 0.4) is 0 Å². The van der Waals surface area contributed by atoms with Crippen molar-refractivity contribution in [2.45, 2.75) is 38.5 Å². The maximum absolute atomic E-state index is 13.1. The first-order valence-electron chi connectivity index (χ1n) is 7.40. The second-order valence-electron chi connectivity index (χ2n) is 5.87. The molecule has 2 N–H and O–H groups in total. The predicted octanol–water partition coefficient (Wildman–Crippen LogP) is 2.45. The second kappa shape index (κ2) is 6.42. The lowest BCUT2D eigenvalue weighted by molar-refractivity contribution is -0.137. The van der Waals surface area contributed by atoms with Gasteiger partial charge in [0, 0.05) is 24.7 Å². The predicted molar refractivity (Wildman–Crippen MR) is 76.5 cm³/mol. The third-order valence-corrected chi connectivity index (χ3v) is 4.34. The average molecular weight is 318 g/mol. The van der Waals surface area contributed by atoms with E-state index in [4.69, 9.17) is 0 Å². The Bertz CT molecular complexity index is 510. The highest BCUT2D eigenvalue weighted by molar-refractivity contribution is 5.49. The van der Waals surface area contributed by atoms with Crippen LogP contribution >= 0.6 is 0 Å². The van der Waals surface area contributed by atoms with Gasteiger partial charge in [-0.15, -0.1) is 0 Å². The van der Waals surface area contributed by atoms with E-state index in [-0.39, 0.29) is 25.5 Å². The van der Waals surface area contributed by atoms with Crippen LogP contribution in [0.2, 0.25) is 0 Å². The van der Waals surface area contributed by atoms with E-state index in [0.29, 0.717) is 12.8 Å². The Morgan fingerprint density at radius 2 is 2.18 bits per heavy atom. The van der Waals surface area contributed by atoms with Crippen LogP contribution in [-0.2, 0) is 6.18 Å². The Labute approximate surface area is 127 Å². The van der Waals surface area contributed by atoms with Crippen molar-refractivity contribution in [2.75, 3.05) is 24.6 Å². The lowest BCUT2D eigenvalue weighted by Crippen LogP contribution is -2.54. The van der Waals surface area contributed by atoms with Crippen LogP contribution in [0.5, 0.6) is 0 Å². The van der Waals surface area contributed by atoms with Gasteiger partial charge in [-0.25, -0.2) is 4.98 Å². The van der Waals surface area contributed by atoms with Crippen LogP contribution in [0.25, 0.3) is 0 Å². The van der Waals surface area contributed by atoms with Crippen LogP contribution in [0.4, 0.5) is 19.0 Å². The number of alkyl halides is 3. The molecule has 0 bridgehead atoms. The zero-order valence-corrected chi connectivity index (χ0v) is 12.5. The van der Waals surface area contributed by atoms with E-state index in [2.05, 4.69) is 4.98 Å². The molecular formula is C15H21F3N2O2.